The van der Waals surface area contributed by atoms with E-state index in [1.807, 2.05) is 88.4 Å². The molecule has 1 fully saturated rings. The smallest absolute Gasteiger partial charge is 0.256 e. The minimum atomic E-state index is -0.150. The van der Waals surface area contributed by atoms with Gasteiger partial charge in [-0.15, -0.1) is 11.8 Å². The molecule has 0 spiro atoms. The third-order valence-corrected chi connectivity index (χ3v) is 6.76. The number of imidazole rings is 1. The van der Waals surface area contributed by atoms with E-state index >= 15 is 0 Å². The summed E-state index contributed by atoms with van der Waals surface area (Å²) in [6.45, 7) is 1.38. The van der Waals surface area contributed by atoms with Crippen molar-refractivity contribution in [2.24, 2.45) is 0 Å². The molecule has 0 atom stereocenters. The Morgan fingerprint density at radius 3 is 2.79 bits per heavy atom. The van der Waals surface area contributed by atoms with E-state index in [-0.39, 0.29) is 11.8 Å². The summed E-state index contributed by atoms with van der Waals surface area (Å²) in [5.41, 5.74) is 4.24. The average molecular weight is 457 g/mol. The zero-order chi connectivity index (χ0) is 22.6. The molecule has 2 amide bonds. The predicted molar refractivity (Wildman–Crippen MR) is 130 cm³/mol. The molecule has 0 bridgehead atoms. The lowest BCUT2D eigenvalue weighted by Gasteiger charge is -2.16. The quantitative estimate of drug-likeness (QED) is 0.398. The Morgan fingerprint density at radius 1 is 1.06 bits per heavy atom. The van der Waals surface area contributed by atoms with Gasteiger partial charge in [0, 0.05) is 48.2 Å². The molecule has 1 aliphatic heterocycles. The number of hydrogen-bond donors (Lipinski definition) is 1. The molecular formula is C26H24N4O2S. The maximum Gasteiger partial charge on any atom is 0.256 e. The number of pyridine rings is 1. The number of carbonyl (C=O) groups is 2. The Labute approximate surface area is 196 Å². The second-order valence-electron chi connectivity index (χ2n) is 8.06. The molecule has 3 heterocycles. The van der Waals surface area contributed by atoms with Crippen LogP contribution in [0.4, 0.5) is 5.69 Å². The van der Waals surface area contributed by atoms with Crippen LogP contribution in [0, 0.1) is 0 Å². The van der Waals surface area contributed by atoms with Crippen molar-refractivity contribution >= 4 is 34.9 Å². The molecule has 0 saturated carbocycles. The van der Waals surface area contributed by atoms with Gasteiger partial charge in [0.05, 0.1) is 11.3 Å². The molecule has 7 heteroatoms. The van der Waals surface area contributed by atoms with Gasteiger partial charge in [-0.05, 0) is 48.4 Å². The maximum atomic E-state index is 13.1. The number of rotatable bonds is 7. The van der Waals surface area contributed by atoms with E-state index in [0.29, 0.717) is 24.3 Å². The molecule has 0 unspecified atom stereocenters. The van der Waals surface area contributed by atoms with Crippen molar-refractivity contribution in [2.75, 3.05) is 11.9 Å². The Balaban J connectivity index is 1.27. The van der Waals surface area contributed by atoms with Crippen molar-refractivity contribution < 1.29 is 9.59 Å². The molecule has 1 N–H and O–H groups in total. The lowest BCUT2D eigenvalue weighted by atomic mass is 10.1. The summed E-state index contributed by atoms with van der Waals surface area (Å²) in [5, 5.41) is 3.02. The van der Waals surface area contributed by atoms with Crippen LogP contribution in [0.3, 0.4) is 0 Å². The molecule has 0 radical (unpaired) electrons. The average Bonchev–Trinajstić information content (AvgIpc) is 3.43. The van der Waals surface area contributed by atoms with E-state index in [1.165, 1.54) is 0 Å². The minimum absolute atomic E-state index is 0.150. The van der Waals surface area contributed by atoms with Crippen LogP contribution in [0.2, 0.25) is 0 Å². The number of thioether (sulfide) groups is 1. The summed E-state index contributed by atoms with van der Waals surface area (Å²) < 4.78 is 2.00. The van der Waals surface area contributed by atoms with Crippen LogP contribution in [0.1, 0.15) is 34.5 Å². The SMILES string of the molecule is O=C(Nc1cccc(CN2CCCC2=O)c1)c1ccccc1SCc1cn2ccccc2n1. The van der Waals surface area contributed by atoms with Gasteiger partial charge in [-0.2, -0.15) is 0 Å². The summed E-state index contributed by atoms with van der Waals surface area (Å²) in [4.78, 5) is 32.4. The second-order valence-corrected chi connectivity index (χ2v) is 9.07. The molecule has 1 aliphatic rings. The van der Waals surface area contributed by atoms with Crippen LogP contribution in [0.25, 0.3) is 5.65 Å². The normalized spacial score (nSPS) is 13.6. The Hall–Kier alpha value is -3.58. The van der Waals surface area contributed by atoms with E-state index in [4.69, 9.17) is 0 Å². The molecule has 33 heavy (non-hydrogen) atoms. The van der Waals surface area contributed by atoms with Gasteiger partial charge >= 0.3 is 0 Å². The summed E-state index contributed by atoms with van der Waals surface area (Å²) in [7, 11) is 0. The number of likely N-dealkylation sites (tertiary alicyclic amines) is 1. The molecule has 0 aliphatic carbocycles. The van der Waals surface area contributed by atoms with Crippen LogP contribution < -0.4 is 5.32 Å². The van der Waals surface area contributed by atoms with Crippen LogP contribution >= 0.6 is 11.8 Å². The fraction of sp³-hybridized carbons (Fsp3) is 0.192. The monoisotopic (exact) mass is 456 g/mol. The number of amides is 2. The number of nitrogens with one attached hydrogen (secondary N) is 1. The first-order valence-corrected chi connectivity index (χ1v) is 12.0. The largest absolute Gasteiger partial charge is 0.338 e. The first kappa shape index (κ1) is 21.3. The zero-order valence-electron chi connectivity index (χ0n) is 18.1. The van der Waals surface area contributed by atoms with Crippen molar-refractivity contribution in [3.63, 3.8) is 0 Å². The highest BCUT2D eigenvalue weighted by Gasteiger charge is 2.20. The minimum Gasteiger partial charge on any atom is -0.338 e. The first-order chi connectivity index (χ1) is 16.2. The summed E-state index contributed by atoms with van der Waals surface area (Å²) in [6, 6.07) is 21.3. The number of carbonyl (C=O) groups excluding carboxylic acids is 2. The van der Waals surface area contributed by atoms with Crippen LogP contribution in [-0.4, -0.2) is 32.6 Å². The van der Waals surface area contributed by atoms with Crippen molar-refractivity contribution in [3.05, 3.63) is 95.9 Å². The van der Waals surface area contributed by atoms with Gasteiger partial charge in [0.15, 0.2) is 0 Å². The third kappa shape index (κ3) is 4.93. The zero-order valence-corrected chi connectivity index (χ0v) is 18.9. The van der Waals surface area contributed by atoms with E-state index in [1.54, 1.807) is 11.8 Å². The fourth-order valence-electron chi connectivity index (χ4n) is 4.03. The molecule has 4 aromatic rings. The van der Waals surface area contributed by atoms with Crippen LogP contribution in [-0.2, 0) is 17.1 Å². The van der Waals surface area contributed by atoms with Gasteiger partial charge in [0.25, 0.3) is 5.91 Å². The van der Waals surface area contributed by atoms with Gasteiger partial charge in [0.1, 0.15) is 5.65 Å². The highest BCUT2D eigenvalue weighted by molar-refractivity contribution is 7.98. The Morgan fingerprint density at radius 2 is 1.94 bits per heavy atom. The van der Waals surface area contributed by atoms with Crippen molar-refractivity contribution in [1.29, 1.82) is 0 Å². The molecular weight excluding hydrogens is 432 g/mol. The summed E-state index contributed by atoms with van der Waals surface area (Å²) in [5.74, 6) is 0.717. The number of benzene rings is 2. The standard InChI is InChI=1S/C26H24N4O2S/c31-25-12-6-14-30(25)16-19-7-5-8-20(15-19)28-26(32)22-9-1-2-10-23(22)33-18-21-17-29-13-4-3-11-24(29)27-21/h1-5,7-11,13,15,17H,6,12,14,16,18H2,(H,28,32). The Bertz CT molecular complexity index is 1280. The van der Waals surface area contributed by atoms with Crippen LogP contribution in [0.5, 0.6) is 0 Å². The van der Waals surface area contributed by atoms with Crippen molar-refractivity contribution in [2.45, 2.75) is 30.0 Å². The van der Waals surface area contributed by atoms with E-state index < -0.39 is 0 Å². The molecule has 166 valence electrons. The second kappa shape index (κ2) is 9.50. The van der Waals surface area contributed by atoms with E-state index in [2.05, 4.69) is 10.3 Å². The predicted octanol–water partition coefficient (Wildman–Crippen LogP) is 5.00. The molecule has 5 rings (SSSR count). The summed E-state index contributed by atoms with van der Waals surface area (Å²) >= 11 is 1.60. The highest BCUT2D eigenvalue weighted by Crippen LogP contribution is 2.27. The topological polar surface area (TPSA) is 66.7 Å². The number of anilines is 1. The van der Waals surface area contributed by atoms with E-state index in [0.717, 1.165) is 40.5 Å². The summed E-state index contributed by atoms with van der Waals surface area (Å²) in [6.07, 6.45) is 5.53. The number of hydrogen-bond acceptors (Lipinski definition) is 4. The van der Waals surface area contributed by atoms with Gasteiger partial charge in [-0.1, -0.05) is 30.3 Å². The molecule has 2 aromatic heterocycles. The van der Waals surface area contributed by atoms with Gasteiger partial charge < -0.3 is 14.6 Å². The van der Waals surface area contributed by atoms with E-state index in [9.17, 15) is 9.59 Å². The van der Waals surface area contributed by atoms with Gasteiger partial charge in [-0.25, -0.2) is 4.98 Å². The lowest BCUT2D eigenvalue weighted by molar-refractivity contribution is -0.128. The third-order valence-electron chi connectivity index (χ3n) is 5.65. The van der Waals surface area contributed by atoms with Crippen LogP contribution in [0.15, 0.2) is 84.0 Å². The number of aromatic nitrogens is 2. The maximum absolute atomic E-state index is 13.1. The first-order valence-electron chi connectivity index (χ1n) is 11.0. The van der Waals surface area contributed by atoms with Gasteiger partial charge in [0.2, 0.25) is 5.91 Å². The lowest BCUT2D eigenvalue weighted by Crippen LogP contribution is -2.23. The molecule has 1 saturated heterocycles. The van der Waals surface area contributed by atoms with Crippen molar-refractivity contribution in [1.82, 2.24) is 14.3 Å². The molecule has 2 aromatic carbocycles. The fourth-order valence-corrected chi connectivity index (χ4v) is 4.96. The Kier molecular flexibility index (Phi) is 6.13. The van der Waals surface area contributed by atoms with Gasteiger partial charge in [-0.3, -0.25) is 9.59 Å². The number of nitrogens with zero attached hydrogens (tertiary/aromatic N) is 3. The van der Waals surface area contributed by atoms with Crippen molar-refractivity contribution in [3.8, 4) is 0 Å². The number of fused-ring (bicyclic) bond motifs is 1. The highest BCUT2D eigenvalue weighted by atomic mass is 32.2. The molecule has 6 nitrogen and oxygen atoms in total.